The molecule has 2 aromatic heterocycles. The van der Waals surface area contributed by atoms with Gasteiger partial charge in [-0.25, -0.2) is 19.2 Å². The fourth-order valence-corrected chi connectivity index (χ4v) is 4.83. The van der Waals surface area contributed by atoms with E-state index in [1.54, 1.807) is 30.7 Å². The van der Waals surface area contributed by atoms with Crippen molar-refractivity contribution in [1.82, 2.24) is 15.0 Å². The van der Waals surface area contributed by atoms with Gasteiger partial charge in [-0.1, -0.05) is 26.0 Å². The van der Waals surface area contributed by atoms with Gasteiger partial charge in [0.15, 0.2) is 6.10 Å². The number of hydrogen-bond donors (Lipinski definition) is 1. The first kappa shape index (κ1) is 29.4. The molecule has 3 heterocycles. The van der Waals surface area contributed by atoms with E-state index in [1.807, 2.05) is 27.7 Å². The van der Waals surface area contributed by atoms with Gasteiger partial charge in [-0.15, -0.1) is 0 Å². The van der Waals surface area contributed by atoms with Crippen molar-refractivity contribution in [3.05, 3.63) is 65.5 Å². The quantitative estimate of drug-likeness (QED) is 0.338. The van der Waals surface area contributed by atoms with E-state index in [4.69, 9.17) is 9.47 Å². The third kappa shape index (κ3) is 7.33. The lowest BCUT2D eigenvalue weighted by Gasteiger charge is -2.40. The zero-order valence-electron chi connectivity index (χ0n) is 24.2. The molecule has 0 spiro atoms. The van der Waals surface area contributed by atoms with Crippen molar-refractivity contribution < 1.29 is 23.8 Å². The Bertz CT molecular complexity index is 1310. The molecule has 4 rings (SSSR count). The highest BCUT2D eigenvalue weighted by Crippen LogP contribution is 2.43. The molecular weight excluding hydrogens is 511 g/mol. The highest BCUT2D eigenvalue weighted by molar-refractivity contribution is 5.85. The topological polar surface area (TPSA) is 97.7 Å². The van der Waals surface area contributed by atoms with Crippen LogP contribution in [0.4, 0.5) is 10.1 Å². The summed E-state index contributed by atoms with van der Waals surface area (Å²) in [6.07, 6.45) is 6.27. The van der Waals surface area contributed by atoms with Gasteiger partial charge < -0.3 is 19.5 Å². The summed E-state index contributed by atoms with van der Waals surface area (Å²) in [5, 5.41) is 10.3. The number of pyridine rings is 1. The highest BCUT2D eigenvalue weighted by Gasteiger charge is 2.36. The zero-order chi connectivity index (χ0) is 29.1. The molecule has 1 aliphatic heterocycles. The SMILES string of the molecule is Cc1ncc(-c2cnc(OCCc3ccc(F)cc3)cn2)c(N2CCC(C)(C)CC2)c1C(OC(C)(C)C)C(=O)O. The molecule has 0 aliphatic carbocycles. The van der Waals surface area contributed by atoms with Crippen LogP contribution in [0.1, 0.15) is 70.4 Å². The maximum atomic E-state index is 13.1. The van der Waals surface area contributed by atoms with E-state index in [2.05, 4.69) is 33.7 Å². The first-order valence-corrected chi connectivity index (χ1v) is 13.7. The van der Waals surface area contributed by atoms with E-state index in [1.165, 1.54) is 12.1 Å². The molecule has 0 amide bonds. The number of nitrogens with zero attached hydrogens (tertiary/aromatic N) is 4. The Hall–Kier alpha value is -3.59. The van der Waals surface area contributed by atoms with Crippen molar-refractivity contribution in [1.29, 1.82) is 0 Å². The second kappa shape index (κ2) is 11.9. The van der Waals surface area contributed by atoms with Crippen LogP contribution in [-0.4, -0.2) is 51.3 Å². The van der Waals surface area contributed by atoms with Crippen LogP contribution in [-0.2, 0) is 16.0 Å². The Labute approximate surface area is 235 Å². The molecule has 9 heteroatoms. The minimum atomic E-state index is -1.19. The van der Waals surface area contributed by atoms with Crippen LogP contribution in [0, 0.1) is 18.2 Å². The Balaban J connectivity index is 1.67. The van der Waals surface area contributed by atoms with Crippen LogP contribution in [0.15, 0.2) is 42.9 Å². The Morgan fingerprint density at radius 2 is 1.75 bits per heavy atom. The van der Waals surface area contributed by atoms with Crippen LogP contribution in [0.25, 0.3) is 11.3 Å². The summed E-state index contributed by atoms with van der Waals surface area (Å²) >= 11 is 0. The average molecular weight is 551 g/mol. The fraction of sp³-hybridized carbons (Fsp3) is 0.484. The van der Waals surface area contributed by atoms with Crippen molar-refractivity contribution in [2.24, 2.45) is 5.41 Å². The van der Waals surface area contributed by atoms with Gasteiger partial charge in [-0.3, -0.25) is 4.98 Å². The number of halogens is 1. The lowest BCUT2D eigenvalue weighted by molar-refractivity contribution is -0.160. The highest BCUT2D eigenvalue weighted by atomic mass is 19.1. The first-order chi connectivity index (χ1) is 18.8. The van der Waals surface area contributed by atoms with Gasteiger partial charge in [-0.2, -0.15) is 0 Å². The first-order valence-electron chi connectivity index (χ1n) is 13.7. The molecule has 0 radical (unpaired) electrons. The van der Waals surface area contributed by atoms with Crippen molar-refractivity contribution in [2.45, 2.75) is 72.5 Å². The van der Waals surface area contributed by atoms with Gasteiger partial charge in [0.05, 0.1) is 36.0 Å². The second-order valence-electron chi connectivity index (χ2n) is 12.1. The van der Waals surface area contributed by atoms with Crippen LogP contribution >= 0.6 is 0 Å². The molecule has 1 fully saturated rings. The number of benzene rings is 1. The van der Waals surface area contributed by atoms with E-state index in [-0.39, 0.29) is 11.2 Å². The third-order valence-electron chi connectivity index (χ3n) is 7.14. The molecule has 1 aliphatic rings. The van der Waals surface area contributed by atoms with Crippen molar-refractivity contribution in [2.75, 3.05) is 24.6 Å². The Kier molecular flexibility index (Phi) is 8.73. The maximum absolute atomic E-state index is 13.1. The third-order valence-corrected chi connectivity index (χ3v) is 7.14. The number of anilines is 1. The number of aliphatic carboxylic acids is 1. The number of piperidine rings is 1. The van der Waals surface area contributed by atoms with E-state index in [9.17, 15) is 14.3 Å². The van der Waals surface area contributed by atoms with E-state index in [0.717, 1.165) is 37.2 Å². The molecule has 214 valence electrons. The predicted octanol–water partition coefficient (Wildman–Crippen LogP) is 6.17. The molecule has 40 heavy (non-hydrogen) atoms. The lowest BCUT2D eigenvalue weighted by atomic mass is 9.82. The summed E-state index contributed by atoms with van der Waals surface area (Å²) in [5.74, 6) is -0.967. The summed E-state index contributed by atoms with van der Waals surface area (Å²) in [6.45, 7) is 13.8. The van der Waals surface area contributed by atoms with E-state index in [0.29, 0.717) is 41.4 Å². The summed E-state index contributed by atoms with van der Waals surface area (Å²) < 4.78 is 25.0. The largest absolute Gasteiger partial charge is 0.479 e. The van der Waals surface area contributed by atoms with Crippen molar-refractivity contribution >= 4 is 11.7 Å². The molecule has 8 nitrogen and oxygen atoms in total. The van der Waals surface area contributed by atoms with Gasteiger partial charge in [-0.05, 0) is 63.6 Å². The average Bonchev–Trinajstić information content (AvgIpc) is 2.88. The molecule has 1 N–H and O–H groups in total. The number of carboxylic acids is 1. The second-order valence-corrected chi connectivity index (χ2v) is 12.1. The van der Waals surface area contributed by atoms with Gasteiger partial charge in [0.25, 0.3) is 0 Å². The molecule has 1 saturated heterocycles. The minimum absolute atomic E-state index is 0.208. The number of aryl methyl sites for hydroxylation is 1. The minimum Gasteiger partial charge on any atom is -0.479 e. The van der Waals surface area contributed by atoms with E-state index < -0.39 is 17.7 Å². The number of hydrogen-bond acceptors (Lipinski definition) is 7. The molecule has 1 unspecified atom stereocenters. The van der Waals surface area contributed by atoms with Crippen LogP contribution < -0.4 is 9.64 Å². The number of ether oxygens (including phenoxy) is 2. The summed E-state index contributed by atoms with van der Waals surface area (Å²) in [7, 11) is 0. The van der Waals surface area contributed by atoms with Crippen molar-refractivity contribution in [3.63, 3.8) is 0 Å². The van der Waals surface area contributed by atoms with Crippen LogP contribution in [0.3, 0.4) is 0 Å². The van der Waals surface area contributed by atoms with Crippen LogP contribution in [0.2, 0.25) is 0 Å². The van der Waals surface area contributed by atoms with Gasteiger partial charge in [0.1, 0.15) is 5.82 Å². The summed E-state index contributed by atoms with van der Waals surface area (Å²) in [6, 6.07) is 6.31. The van der Waals surface area contributed by atoms with E-state index >= 15 is 0 Å². The molecule has 0 bridgehead atoms. The number of rotatable bonds is 9. The monoisotopic (exact) mass is 550 g/mol. The smallest absolute Gasteiger partial charge is 0.337 e. The predicted molar refractivity (Wildman–Crippen MR) is 152 cm³/mol. The summed E-state index contributed by atoms with van der Waals surface area (Å²) in [5.41, 5.74) is 3.69. The normalized spacial score (nSPS) is 16.0. The fourth-order valence-electron chi connectivity index (χ4n) is 4.83. The summed E-state index contributed by atoms with van der Waals surface area (Å²) in [4.78, 5) is 28.5. The molecule has 1 aromatic carbocycles. The molecule has 1 atom stereocenters. The molecule has 3 aromatic rings. The molecular formula is C31H39FN4O4. The Morgan fingerprint density at radius 3 is 2.33 bits per heavy atom. The zero-order valence-corrected chi connectivity index (χ0v) is 24.2. The van der Waals surface area contributed by atoms with Gasteiger partial charge >= 0.3 is 5.97 Å². The molecule has 0 saturated carbocycles. The maximum Gasteiger partial charge on any atom is 0.337 e. The van der Waals surface area contributed by atoms with Crippen LogP contribution in [0.5, 0.6) is 5.88 Å². The van der Waals surface area contributed by atoms with Gasteiger partial charge in [0, 0.05) is 42.5 Å². The van der Waals surface area contributed by atoms with Crippen molar-refractivity contribution in [3.8, 4) is 17.1 Å². The number of aromatic nitrogens is 3. The lowest BCUT2D eigenvalue weighted by Crippen LogP contribution is -2.39. The Morgan fingerprint density at radius 1 is 1.07 bits per heavy atom. The standard InChI is InChI=1S/C31H39FN4O4/c1-20-26(28(29(37)38)40-30(2,3)4)27(36-14-12-31(5,6)13-15-36)23(17-33-20)24-18-35-25(19-34-24)39-16-11-21-7-9-22(32)10-8-21/h7-10,17-19,28H,11-16H2,1-6H3,(H,37,38). The van der Waals surface area contributed by atoms with Gasteiger partial charge in [0.2, 0.25) is 5.88 Å². The number of carboxylic acid groups (broad SMARTS) is 1. The number of carbonyl (C=O) groups is 1.